The van der Waals surface area contributed by atoms with Gasteiger partial charge in [-0.25, -0.2) is 4.79 Å². The van der Waals surface area contributed by atoms with Gasteiger partial charge in [0.25, 0.3) is 5.91 Å². The molecule has 1 amide bonds. The van der Waals surface area contributed by atoms with E-state index in [0.717, 1.165) is 5.56 Å². The van der Waals surface area contributed by atoms with Gasteiger partial charge >= 0.3 is 5.97 Å². The molecule has 156 valence electrons. The van der Waals surface area contributed by atoms with Gasteiger partial charge in [-0.05, 0) is 50.6 Å². The van der Waals surface area contributed by atoms with Gasteiger partial charge in [0, 0.05) is 11.1 Å². The Kier molecular flexibility index (Phi) is 7.73. The highest BCUT2D eigenvalue weighted by molar-refractivity contribution is 6.31. The van der Waals surface area contributed by atoms with Gasteiger partial charge in [-0.15, -0.1) is 0 Å². The van der Waals surface area contributed by atoms with Crippen LogP contribution in [0.1, 0.15) is 29.8 Å². The number of methoxy groups -OCH3 is 2. The molecular weight excluding hydrogens is 398 g/mol. The summed E-state index contributed by atoms with van der Waals surface area (Å²) >= 11 is 6.07. The van der Waals surface area contributed by atoms with Crippen molar-refractivity contribution in [2.45, 2.75) is 26.9 Å². The summed E-state index contributed by atoms with van der Waals surface area (Å²) in [4.78, 5) is 24.9. The third-order valence-electron chi connectivity index (χ3n) is 4.09. The number of hydrogen-bond donors (Lipinski definition) is 1. The van der Waals surface area contributed by atoms with Crippen molar-refractivity contribution in [3.63, 3.8) is 0 Å². The fourth-order valence-electron chi connectivity index (χ4n) is 2.52. The quantitative estimate of drug-likeness (QED) is 0.641. The van der Waals surface area contributed by atoms with Gasteiger partial charge < -0.3 is 24.3 Å². The maximum absolute atomic E-state index is 12.5. The van der Waals surface area contributed by atoms with Gasteiger partial charge in [0.15, 0.2) is 17.6 Å². The smallest absolute Gasteiger partial charge is 0.339 e. The maximum atomic E-state index is 12.5. The van der Waals surface area contributed by atoms with E-state index in [1.54, 1.807) is 31.2 Å². The fourth-order valence-corrected chi connectivity index (χ4v) is 2.67. The fraction of sp³-hybridized carbons (Fsp3) is 0.333. The van der Waals surface area contributed by atoms with E-state index in [9.17, 15) is 9.59 Å². The molecule has 1 N–H and O–H groups in total. The monoisotopic (exact) mass is 421 g/mol. The van der Waals surface area contributed by atoms with Crippen LogP contribution in [-0.2, 0) is 9.53 Å². The summed E-state index contributed by atoms with van der Waals surface area (Å²) in [6.45, 7) is 5.60. The van der Waals surface area contributed by atoms with E-state index in [2.05, 4.69) is 5.32 Å². The predicted molar refractivity (Wildman–Crippen MR) is 110 cm³/mol. The molecule has 0 spiro atoms. The lowest BCUT2D eigenvalue weighted by Crippen LogP contribution is -2.30. The Morgan fingerprint density at radius 1 is 1.07 bits per heavy atom. The molecule has 0 bridgehead atoms. The van der Waals surface area contributed by atoms with Crippen molar-refractivity contribution in [3.05, 3.63) is 46.5 Å². The van der Waals surface area contributed by atoms with E-state index >= 15 is 0 Å². The Bertz CT molecular complexity index is 899. The average Bonchev–Trinajstić information content (AvgIpc) is 2.70. The number of benzene rings is 2. The Labute approximate surface area is 174 Å². The second-order valence-electron chi connectivity index (χ2n) is 6.14. The molecule has 0 aliphatic carbocycles. The van der Waals surface area contributed by atoms with E-state index < -0.39 is 18.0 Å². The van der Waals surface area contributed by atoms with E-state index in [1.807, 2.05) is 6.92 Å². The lowest BCUT2D eigenvalue weighted by Gasteiger charge is -2.16. The lowest BCUT2D eigenvalue weighted by atomic mass is 10.2. The number of aryl methyl sites for hydroxylation is 1. The molecule has 0 heterocycles. The first-order chi connectivity index (χ1) is 13.8. The first-order valence-electron chi connectivity index (χ1n) is 8.97. The summed E-state index contributed by atoms with van der Waals surface area (Å²) in [5.41, 5.74) is 1.45. The highest BCUT2D eigenvalue weighted by Crippen LogP contribution is 2.31. The van der Waals surface area contributed by atoms with Crippen molar-refractivity contribution >= 4 is 29.2 Å². The van der Waals surface area contributed by atoms with Gasteiger partial charge in [-0.1, -0.05) is 11.6 Å². The zero-order chi connectivity index (χ0) is 21.6. The molecule has 7 nitrogen and oxygen atoms in total. The van der Waals surface area contributed by atoms with Crippen LogP contribution in [0.4, 0.5) is 5.69 Å². The van der Waals surface area contributed by atoms with Crippen molar-refractivity contribution in [1.29, 1.82) is 0 Å². The molecule has 0 aliphatic heterocycles. The van der Waals surface area contributed by atoms with Crippen molar-refractivity contribution in [2.75, 3.05) is 26.1 Å². The summed E-state index contributed by atoms with van der Waals surface area (Å²) in [6.07, 6.45) is -1.04. The molecule has 0 aromatic heterocycles. The largest absolute Gasteiger partial charge is 0.495 e. The van der Waals surface area contributed by atoms with Gasteiger partial charge in [0.05, 0.1) is 32.1 Å². The van der Waals surface area contributed by atoms with Gasteiger partial charge in [-0.2, -0.15) is 0 Å². The van der Waals surface area contributed by atoms with Gasteiger partial charge in [0.2, 0.25) is 0 Å². The van der Waals surface area contributed by atoms with E-state index in [0.29, 0.717) is 34.6 Å². The van der Waals surface area contributed by atoms with Crippen LogP contribution in [-0.4, -0.2) is 38.8 Å². The van der Waals surface area contributed by atoms with Gasteiger partial charge in [0.1, 0.15) is 5.75 Å². The highest BCUT2D eigenvalue weighted by atomic mass is 35.5. The van der Waals surface area contributed by atoms with Crippen LogP contribution in [0.25, 0.3) is 0 Å². The molecule has 2 aromatic carbocycles. The average molecular weight is 422 g/mol. The molecule has 0 fully saturated rings. The highest BCUT2D eigenvalue weighted by Gasteiger charge is 2.21. The van der Waals surface area contributed by atoms with Crippen LogP contribution in [0, 0.1) is 6.92 Å². The molecular formula is C21H24ClNO6. The van der Waals surface area contributed by atoms with E-state index in [-0.39, 0.29) is 5.56 Å². The maximum Gasteiger partial charge on any atom is 0.339 e. The number of amides is 1. The number of nitrogens with one attached hydrogen (secondary N) is 1. The summed E-state index contributed by atoms with van der Waals surface area (Å²) < 4.78 is 21.2. The Hall–Kier alpha value is -2.93. The molecule has 0 saturated carbocycles. The molecule has 0 saturated heterocycles. The van der Waals surface area contributed by atoms with E-state index in [1.165, 1.54) is 27.2 Å². The number of ether oxygens (including phenoxy) is 4. The Morgan fingerprint density at radius 3 is 2.38 bits per heavy atom. The summed E-state index contributed by atoms with van der Waals surface area (Å²) in [5.74, 6) is 0.163. The van der Waals surface area contributed by atoms with Crippen LogP contribution < -0.4 is 19.5 Å². The molecule has 0 aliphatic rings. The number of carbonyl (C=O) groups excluding carboxylic acids is 2. The van der Waals surface area contributed by atoms with Crippen molar-refractivity contribution in [1.82, 2.24) is 0 Å². The first-order valence-corrected chi connectivity index (χ1v) is 9.35. The van der Waals surface area contributed by atoms with E-state index in [4.69, 9.17) is 30.5 Å². The minimum absolute atomic E-state index is 0.241. The Balaban J connectivity index is 2.10. The predicted octanol–water partition coefficient (Wildman–Crippen LogP) is 4.25. The van der Waals surface area contributed by atoms with Crippen molar-refractivity contribution in [2.24, 2.45) is 0 Å². The van der Waals surface area contributed by atoms with Crippen LogP contribution in [0.15, 0.2) is 30.3 Å². The standard InChI is InChI=1S/C21H24ClNO6/c1-6-28-17-8-7-14(10-19(17)27-5)21(25)29-13(3)20(24)23-16-9-12(2)15(22)11-18(16)26-4/h7-11,13H,6H2,1-5H3,(H,23,24)/t13-/m0/s1. The number of halogens is 1. The number of anilines is 1. The Morgan fingerprint density at radius 2 is 1.76 bits per heavy atom. The minimum Gasteiger partial charge on any atom is -0.495 e. The third kappa shape index (κ3) is 5.54. The summed E-state index contributed by atoms with van der Waals surface area (Å²) in [5, 5.41) is 3.21. The minimum atomic E-state index is -1.04. The molecule has 1 atom stereocenters. The second-order valence-corrected chi connectivity index (χ2v) is 6.54. The van der Waals surface area contributed by atoms with Crippen LogP contribution in [0.5, 0.6) is 17.2 Å². The summed E-state index contributed by atoms with van der Waals surface area (Å²) in [6, 6.07) is 7.96. The molecule has 0 radical (unpaired) electrons. The zero-order valence-electron chi connectivity index (χ0n) is 17.0. The second kappa shape index (κ2) is 10.0. The lowest BCUT2D eigenvalue weighted by molar-refractivity contribution is -0.123. The SMILES string of the molecule is CCOc1ccc(C(=O)O[C@@H](C)C(=O)Nc2cc(C)c(Cl)cc2OC)cc1OC. The molecule has 2 aromatic rings. The summed E-state index contributed by atoms with van der Waals surface area (Å²) in [7, 11) is 2.95. The van der Waals surface area contributed by atoms with Gasteiger partial charge in [-0.3, -0.25) is 4.79 Å². The number of esters is 1. The number of carbonyl (C=O) groups is 2. The van der Waals surface area contributed by atoms with Crippen LogP contribution in [0.2, 0.25) is 5.02 Å². The first kappa shape index (κ1) is 22.4. The molecule has 0 unspecified atom stereocenters. The third-order valence-corrected chi connectivity index (χ3v) is 4.50. The molecule has 2 rings (SSSR count). The normalized spacial score (nSPS) is 11.4. The zero-order valence-corrected chi connectivity index (χ0v) is 17.8. The number of rotatable bonds is 8. The molecule has 8 heteroatoms. The van der Waals surface area contributed by atoms with Crippen molar-refractivity contribution in [3.8, 4) is 17.2 Å². The topological polar surface area (TPSA) is 83.1 Å². The number of hydrogen-bond acceptors (Lipinski definition) is 6. The van der Waals surface area contributed by atoms with Crippen LogP contribution in [0.3, 0.4) is 0 Å². The van der Waals surface area contributed by atoms with Crippen LogP contribution >= 0.6 is 11.6 Å². The molecule has 29 heavy (non-hydrogen) atoms. The van der Waals surface area contributed by atoms with Crippen molar-refractivity contribution < 1.29 is 28.5 Å².